The van der Waals surface area contributed by atoms with E-state index in [1.54, 1.807) is 12.1 Å². The fourth-order valence-corrected chi connectivity index (χ4v) is 1.78. The van der Waals surface area contributed by atoms with Gasteiger partial charge in [0.05, 0.1) is 5.56 Å². The molecule has 0 unspecified atom stereocenters. The molecule has 0 saturated carbocycles. The molecule has 0 aliphatic rings. The van der Waals surface area contributed by atoms with Crippen LogP contribution in [0.25, 0.3) is 0 Å². The van der Waals surface area contributed by atoms with Crippen molar-refractivity contribution in [1.29, 1.82) is 0 Å². The average molecular weight is 282 g/mol. The molecule has 0 amide bonds. The highest BCUT2D eigenvalue weighted by atomic mass is 35.5. The maximum Gasteiger partial charge on any atom is 0.156 e. The second-order valence-electron chi connectivity index (χ2n) is 3.63. The molecule has 1 aromatic carbocycles. The lowest BCUT2D eigenvalue weighted by Crippen LogP contribution is -2.01. The van der Waals surface area contributed by atoms with E-state index in [1.807, 2.05) is 13.0 Å². The monoisotopic (exact) mass is 281 g/mol. The van der Waals surface area contributed by atoms with Crippen LogP contribution in [0.2, 0.25) is 10.2 Å². The Morgan fingerprint density at radius 1 is 1.28 bits per heavy atom. The molecule has 1 N–H and O–H groups in total. The maximum atomic E-state index is 11.0. The molecular weight excluding hydrogens is 273 g/mol. The first-order valence-electron chi connectivity index (χ1n) is 5.10. The van der Waals surface area contributed by atoms with Crippen LogP contribution in [-0.4, -0.2) is 16.3 Å². The van der Waals surface area contributed by atoms with Crippen molar-refractivity contribution in [2.24, 2.45) is 0 Å². The molecule has 0 atom stereocenters. The Morgan fingerprint density at radius 3 is 2.78 bits per heavy atom. The molecular formula is C12H9Cl2N3O. The summed E-state index contributed by atoms with van der Waals surface area (Å²) in [6, 6.07) is 5.41. The van der Waals surface area contributed by atoms with Crippen LogP contribution in [0.5, 0.6) is 0 Å². The SMILES string of the molecule is Cc1ccc(Cl)cc1Nc1ncnc(Cl)c1C=O. The lowest BCUT2D eigenvalue weighted by atomic mass is 10.2. The van der Waals surface area contributed by atoms with Crippen LogP contribution in [0.1, 0.15) is 15.9 Å². The molecule has 6 heteroatoms. The van der Waals surface area contributed by atoms with E-state index >= 15 is 0 Å². The first-order chi connectivity index (χ1) is 8.61. The number of anilines is 2. The Balaban J connectivity index is 2.43. The molecule has 0 fully saturated rings. The zero-order chi connectivity index (χ0) is 13.1. The summed E-state index contributed by atoms with van der Waals surface area (Å²) in [7, 11) is 0. The number of aromatic nitrogens is 2. The van der Waals surface area contributed by atoms with E-state index in [4.69, 9.17) is 23.2 Å². The fourth-order valence-electron chi connectivity index (χ4n) is 1.43. The number of hydrogen-bond donors (Lipinski definition) is 1. The molecule has 2 rings (SSSR count). The normalized spacial score (nSPS) is 10.2. The van der Waals surface area contributed by atoms with E-state index in [1.165, 1.54) is 6.33 Å². The highest BCUT2D eigenvalue weighted by Crippen LogP contribution is 2.26. The Bertz CT molecular complexity index is 602. The fraction of sp³-hybridized carbons (Fsp3) is 0.0833. The van der Waals surface area contributed by atoms with Gasteiger partial charge in [0.2, 0.25) is 0 Å². The summed E-state index contributed by atoms with van der Waals surface area (Å²) in [6.45, 7) is 1.92. The van der Waals surface area contributed by atoms with Gasteiger partial charge in [-0.05, 0) is 24.6 Å². The third-order valence-corrected chi connectivity index (χ3v) is 2.94. The van der Waals surface area contributed by atoms with Gasteiger partial charge in [-0.2, -0.15) is 0 Å². The second-order valence-corrected chi connectivity index (χ2v) is 4.42. The van der Waals surface area contributed by atoms with Gasteiger partial charge in [0.15, 0.2) is 6.29 Å². The molecule has 0 aliphatic carbocycles. The lowest BCUT2D eigenvalue weighted by molar-refractivity contribution is 0.112. The maximum absolute atomic E-state index is 11.0. The standard InChI is InChI=1S/C12H9Cl2N3O/c1-7-2-3-8(13)4-10(7)17-12-9(5-18)11(14)15-6-16-12/h2-6H,1H3,(H,15,16,17). The van der Waals surface area contributed by atoms with Crippen LogP contribution in [0.4, 0.5) is 11.5 Å². The minimum absolute atomic E-state index is 0.113. The Morgan fingerprint density at radius 2 is 2.06 bits per heavy atom. The topological polar surface area (TPSA) is 54.9 Å². The van der Waals surface area contributed by atoms with Gasteiger partial charge in [0.25, 0.3) is 0 Å². The first-order valence-corrected chi connectivity index (χ1v) is 5.86. The van der Waals surface area contributed by atoms with Crippen molar-refractivity contribution in [3.05, 3.63) is 45.8 Å². The van der Waals surface area contributed by atoms with Gasteiger partial charge in [-0.1, -0.05) is 29.3 Å². The van der Waals surface area contributed by atoms with Gasteiger partial charge in [-0.3, -0.25) is 4.79 Å². The van der Waals surface area contributed by atoms with Crippen molar-refractivity contribution < 1.29 is 4.79 Å². The van der Waals surface area contributed by atoms with Gasteiger partial charge >= 0.3 is 0 Å². The number of nitrogens with zero attached hydrogens (tertiary/aromatic N) is 2. The quantitative estimate of drug-likeness (QED) is 0.689. The number of benzene rings is 1. The van der Waals surface area contributed by atoms with Crippen molar-refractivity contribution in [3.63, 3.8) is 0 Å². The summed E-state index contributed by atoms with van der Waals surface area (Å²) in [6.07, 6.45) is 1.90. The number of carbonyl (C=O) groups is 1. The molecule has 1 aromatic heterocycles. The highest BCUT2D eigenvalue weighted by Gasteiger charge is 2.10. The number of carbonyl (C=O) groups excluding carboxylic acids is 1. The van der Waals surface area contributed by atoms with Crippen molar-refractivity contribution in [2.75, 3.05) is 5.32 Å². The van der Waals surface area contributed by atoms with Crippen LogP contribution in [0.3, 0.4) is 0 Å². The summed E-state index contributed by atoms with van der Waals surface area (Å²) in [4.78, 5) is 18.7. The van der Waals surface area contributed by atoms with Gasteiger partial charge in [0.1, 0.15) is 17.3 Å². The average Bonchev–Trinajstić information content (AvgIpc) is 2.34. The van der Waals surface area contributed by atoms with E-state index < -0.39 is 0 Å². The largest absolute Gasteiger partial charge is 0.339 e. The van der Waals surface area contributed by atoms with Crippen molar-refractivity contribution in [1.82, 2.24) is 9.97 Å². The number of aryl methyl sites for hydroxylation is 1. The molecule has 1 heterocycles. The zero-order valence-corrected chi connectivity index (χ0v) is 11.0. The third-order valence-electron chi connectivity index (χ3n) is 2.41. The van der Waals surface area contributed by atoms with Crippen LogP contribution in [-0.2, 0) is 0 Å². The minimum atomic E-state index is 0.113. The van der Waals surface area contributed by atoms with E-state index in [2.05, 4.69) is 15.3 Å². The lowest BCUT2D eigenvalue weighted by Gasteiger charge is -2.10. The van der Waals surface area contributed by atoms with Crippen LogP contribution < -0.4 is 5.32 Å². The molecule has 92 valence electrons. The number of nitrogens with one attached hydrogen (secondary N) is 1. The zero-order valence-electron chi connectivity index (χ0n) is 9.45. The minimum Gasteiger partial charge on any atom is -0.339 e. The summed E-state index contributed by atoms with van der Waals surface area (Å²) >= 11 is 11.7. The second kappa shape index (κ2) is 5.33. The van der Waals surface area contributed by atoms with Crippen molar-refractivity contribution in [3.8, 4) is 0 Å². The van der Waals surface area contributed by atoms with Crippen molar-refractivity contribution >= 4 is 41.0 Å². The Labute approximate surface area is 114 Å². The van der Waals surface area contributed by atoms with Gasteiger partial charge < -0.3 is 5.32 Å². The third kappa shape index (κ3) is 2.60. The predicted molar refractivity (Wildman–Crippen MR) is 71.9 cm³/mol. The molecule has 0 aliphatic heterocycles. The summed E-state index contributed by atoms with van der Waals surface area (Å²) in [5.41, 5.74) is 1.96. The number of halogens is 2. The molecule has 0 radical (unpaired) electrons. The molecule has 18 heavy (non-hydrogen) atoms. The van der Waals surface area contributed by atoms with E-state index in [0.717, 1.165) is 11.3 Å². The summed E-state index contributed by atoms with van der Waals surface area (Å²) in [5, 5.41) is 3.73. The summed E-state index contributed by atoms with van der Waals surface area (Å²) < 4.78 is 0. The first kappa shape index (κ1) is 12.8. The van der Waals surface area contributed by atoms with Crippen LogP contribution >= 0.6 is 23.2 Å². The van der Waals surface area contributed by atoms with E-state index in [-0.39, 0.29) is 10.7 Å². The predicted octanol–water partition coefficient (Wildman–Crippen LogP) is 3.65. The Hall–Kier alpha value is -1.65. The summed E-state index contributed by atoms with van der Waals surface area (Å²) in [5.74, 6) is 0.357. The smallest absolute Gasteiger partial charge is 0.156 e. The molecule has 2 aromatic rings. The van der Waals surface area contributed by atoms with Gasteiger partial charge in [-0.25, -0.2) is 9.97 Å². The molecule has 4 nitrogen and oxygen atoms in total. The van der Waals surface area contributed by atoms with Crippen molar-refractivity contribution in [2.45, 2.75) is 6.92 Å². The van der Waals surface area contributed by atoms with E-state index in [9.17, 15) is 4.79 Å². The van der Waals surface area contributed by atoms with Gasteiger partial charge in [0, 0.05) is 10.7 Å². The van der Waals surface area contributed by atoms with E-state index in [0.29, 0.717) is 17.1 Å². The number of aldehydes is 1. The number of hydrogen-bond acceptors (Lipinski definition) is 4. The van der Waals surface area contributed by atoms with Crippen LogP contribution in [0.15, 0.2) is 24.5 Å². The number of rotatable bonds is 3. The molecule has 0 saturated heterocycles. The highest BCUT2D eigenvalue weighted by molar-refractivity contribution is 6.32. The molecule has 0 spiro atoms. The Kier molecular flexibility index (Phi) is 3.79. The molecule has 0 bridgehead atoms. The van der Waals surface area contributed by atoms with Gasteiger partial charge in [-0.15, -0.1) is 0 Å². The van der Waals surface area contributed by atoms with Crippen LogP contribution in [0, 0.1) is 6.92 Å².